The van der Waals surface area contributed by atoms with Gasteiger partial charge in [0.05, 0.1) is 12.2 Å². The molecule has 4 aliphatic rings. The Morgan fingerprint density at radius 1 is 1.05 bits per heavy atom. The fourth-order valence-corrected chi connectivity index (χ4v) is 6.40. The Labute approximate surface area is 240 Å². The van der Waals surface area contributed by atoms with E-state index in [-0.39, 0.29) is 17.9 Å². The molecule has 1 N–H and O–H groups in total. The lowest BCUT2D eigenvalue weighted by atomic mass is 9.49. The van der Waals surface area contributed by atoms with Crippen LogP contribution in [0.1, 0.15) is 76.6 Å². The Bertz CT molecular complexity index is 1060. The van der Waals surface area contributed by atoms with E-state index >= 15 is 0 Å². The van der Waals surface area contributed by atoms with E-state index in [1.54, 1.807) is 31.2 Å². The highest BCUT2D eigenvalue weighted by molar-refractivity contribution is 5.92. The first-order valence-electron chi connectivity index (χ1n) is 15.2. The van der Waals surface area contributed by atoms with Crippen molar-refractivity contribution in [3.05, 3.63) is 41.5 Å². The lowest BCUT2D eigenvalue weighted by molar-refractivity contribution is -0.131. The summed E-state index contributed by atoms with van der Waals surface area (Å²) in [4.78, 5) is 44.2. The zero-order valence-corrected chi connectivity index (χ0v) is 24.9. The molecule has 1 aromatic rings. The van der Waals surface area contributed by atoms with E-state index in [0.717, 1.165) is 64.3 Å². The number of benzene rings is 1. The minimum absolute atomic E-state index is 0.137. The molecule has 0 spiro atoms. The van der Waals surface area contributed by atoms with Crippen LogP contribution in [0, 0.1) is 17.3 Å². The minimum atomic E-state index is -0.367. The molecule has 0 aromatic heterocycles. The number of piperazine rings is 1. The number of unbranched alkanes of at least 4 members (excludes halogenated alkanes) is 2. The van der Waals surface area contributed by atoms with Gasteiger partial charge in [-0.25, -0.2) is 9.59 Å². The van der Waals surface area contributed by atoms with Crippen LogP contribution in [0.15, 0.2) is 35.9 Å². The van der Waals surface area contributed by atoms with Crippen LogP contribution in [0.4, 0.5) is 10.5 Å². The Morgan fingerprint density at radius 3 is 2.40 bits per heavy atom. The second kappa shape index (κ2) is 13.7. The van der Waals surface area contributed by atoms with Gasteiger partial charge in [-0.3, -0.25) is 9.69 Å². The highest BCUT2D eigenvalue weighted by atomic mass is 16.5. The molecule has 2 fully saturated rings. The zero-order chi connectivity index (χ0) is 28.7. The van der Waals surface area contributed by atoms with Gasteiger partial charge in [0.15, 0.2) is 0 Å². The number of esters is 1. The number of carbonyl (C=O) groups excluding carboxylic acids is 3. The smallest absolute Gasteiger partial charge is 0.338 e. The molecule has 2 bridgehead atoms. The number of amides is 3. The summed E-state index contributed by atoms with van der Waals surface area (Å²) in [6.45, 7) is 14.2. The fourth-order valence-electron chi connectivity index (χ4n) is 6.40. The monoisotopic (exact) mass is 552 g/mol. The molecule has 1 heterocycles. The summed E-state index contributed by atoms with van der Waals surface area (Å²) >= 11 is 0. The van der Waals surface area contributed by atoms with Crippen molar-refractivity contribution < 1.29 is 19.1 Å². The number of ether oxygens (including phenoxy) is 1. The number of allylic oxidation sites excluding steroid dienone is 1. The van der Waals surface area contributed by atoms with Crippen molar-refractivity contribution in [3.63, 3.8) is 0 Å². The Balaban J connectivity index is 1.25. The molecule has 2 atom stereocenters. The average Bonchev–Trinajstić information content (AvgIpc) is 2.96. The third-order valence-electron chi connectivity index (χ3n) is 9.30. The molecule has 3 amide bonds. The van der Waals surface area contributed by atoms with Gasteiger partial charge in [-0.1, -0.05) is 45.3 Å². The molecule has 1 saturated heterocycles. The van der Waals surface area contributed by atoms with Crippen LogP contribution in [0.25, 0.3) is 0 Å². The lowest BCUT2D eigenvalue weighted by Gasteiger charge is -2.57. The van der Waals surface area contributed by atoms with E-state index in [1.165, 1.54) is 12.0 Å². The predicted molar refractivity (Wildman–Crippen MR) is 158 cm³/mol. The van der Waals surface area contributed by atoms with Gasteiger partial charge in [0, 0.05) is 57.9 Å². The van der Waals surface area contributed by atoms with E-state index in [1.807, 2.05) is 4.90 Å². The molecule has 1 saturated carbocycles. The Morgan fingerprint density at radius 2 is 1.77 bits per heavy atom. The zero-order valence-electron chi connectivity index (χ0n) is 24.9. The topological polar surface area (TPSA) is 82.2 Å². The molecule has 5 rings (SSSR count). The van der Waals surface area contributed by atoms with Crippen LogP contribution >= 0.6 is 0 Å². The molecule has 1 aromatic carbocycles. The minimum Gasteiger partial charge on any atom is -0.462 e. The van der Waals surface area contributed by atoms with E-state index < -0.39 is 0 Å². The van der Waals surface area contributed by atoms with Gasteiger partial charge in [0.25, 0.3) is 0 Å². The third-order valence-corrected chi connectivity index (χ3v) is 9.30. The van der Waals surface area contributed by atoms with Gasteiger partial charge in [-0.15, -0.1) is 0 Å². The highest BCUT2D eigenvalue weighted by Gasteiger charge is 2.51. The summed E-state index contributed by atoms with van der Waals surface area (Å²) in [5, 5.41) is 2.93. The molecular weight excluding hydrogens is 504 g/mol. The molecule has 40 heavy (non-hydrogen) atoms. The fraction of sp³-hybridized carbons (Fsp3) is 0.656. The van der Waals surface area contributed by atoms with Crippen LogP contribution < -0.4 is 5.32 Å². The number of fused-ring (bicyclic) bond motifs is 1. The van der Waals surface area contributed by atoms with Crippen molar-refractivity contribution in [1.29, 1.82) is 0 Å². The molecule has 8 nitrogen and oxygen atoms in total. The van der Waals surface area contributed by atoms with Crippen molar-refractivity contribution in [3.8, 4) is 0 Å². The van der Waals surface area contributed by atoms with E-state index in [2.05, 4.69) is 42.0 Å². The van der Waals surface area contributed by atoms with Crippen molar-refractivity contribution in [1.82, 2.24) is 14.7 Å². The molecule has 2 unspecified atom stereocenters. The van der Waals surface area contributed by atoms with Gasteiger partial charge >= 0.3 is 12.0 Å². The second-order valence-corrected chi connectivity index (χ2v) is 12.2. The van der Waals surface area contributed by atoms with E-state index in [9.17, 15) is 14.4 Å². The predicted octanol–water partition coefficient (Wildman–Crippen LogP) is 5.41. The van der Waals surface area contributed by atoms with Crippen LogP contribution in [-0.2, 0) is 9.53 Å². The highest BCUT2D eigenvalue weighted by Crippen LogP contribution is 2.59. The molecular formula is C32H48N4O4. The van der Waals surface area contributed by atoms with Crippen molar-refractivity contribution >= 4 is 23.6 Å². The lowest BCUT2D eigenvalue weighted by Crippen LogP contribution is -2.52. The van der Waals surface area contributed by atoms with Crippen LogP contribution in [0.2, 0.25) is 0 Å². The van der Waals surface area contributed by atoms with Crippen LogP contribution in [0.3, 0.4) is 0 Å². The Hall–Kier alpha value is -2.87. The van der Waals surface area contributed by atoms with Crippen molar-refractivity contribution in [2.24, 2.45) is 17.3 Å². The largest absolute Gasteiger partial charge is 0.462 e. The number of hydrogen-bond donors (Lipinski definition) is 1. The van der Waals surface area contributed by atoms with E-state index in [4.69, 9.17) is 4.74 Å². The third kappa shape index (κ3) is 7.25. The second-order valence-electron chi connectivity index (χ2n) is 12.2. The molecule has 8 heteroatoms. The summed E-state index contributed by atoms with van der Waals surface area (Å²) in [6, 6.07) is 6.63. The normalized spacial score (nSPS) is 21.7. The number of anilines is 1. The number of urea groups is 1. The summed E-state index contributed by atoms with van der Waals surface area (Å²) in [5.74, 6) is 1.32. The first-order valence-corrected chi connectivity index (χ1v) is 15.2. The average molecular weight is 553 g/mol. The summed E-state index contributed by atoms with van der Waals surface area (Å²) in [6.07, 6.45) is 8.64. The van der Waals surface area contributed by atoms with Gasteiger partial charge < -0.3 is 19.9 Å². The summed E-state index contributed by atoms with van der Waals surface area (Å²) in [7, 11) is 0. The van der Waals surface area contributed by atoms with Gasteiger partial charge in [-0.2, -0.15) is 0 Å². The quantitative estimate of drug-likeness (QED) is 0.213. The number of nitrogens with one attached hydrogen (secondary N) is 1. The summed E-state index contributed by atoms with van der Waals surface area (Å²) < 4.78 is 5.01. The number of hydrogen-bond acceptors (Lipinski definition) is 5. The van der Waals surface area contributed by atoms with Crippen LogP contribution in [0.5, 0.6) is 0 Å². The first-order chi connectivity index (χ1) is 19.2. The van der Waals surface area contributed by atoms with Crippen molar-refractivity contribution in [2.45, 2.75) is 66.2 Å². The standard InChI is InChI=1S/C32H48N4O4/c1-5-7-8-9-29(37)36(23-25-10-13-26-22-28(25)32(26,3)4)21-18-34-16-19-35(20-17-34)31(39)33-27-14-11-24(12-15-27)30(38)40-6-2/h10-12,14-15,26,28H,5-9,13,16-23H2,1-4H3,(H,33,39). The Kier molecular flexibility index (Phi) is 10.3. The molecule has 1 aliphatic heterocycles. The maximum Gasteiger partial charge on any atom is 0.338 e. The van der Waals surface area contributed by atoms with Gasteiger partial charge in [0.2, 0.25) is 5.91 Å². The molecule has 3 aliphatic carbocycles. The van der Waals surface area contributed by atoms with Gasteiger partial charge in [0.1, 0.15) is 0 Å². The SMILES string of the molecule is CCCCCC(=O)N(CCN1CCN(C(=O)Nc2ccc(C(=O)OCC)cc2)CC1)CC1=CCC2CC1C2(C)C. The molecule has 0 radical (unpaired) electrons. The number of carbonyl (C=O) groups is 3. The van der Waals surface area contributed by atoms with Gasteiger partial charge in [-0.05, 0) is 67.7 Å². The maximum absolute atomic E-state index is 13.2. The molecule has 220 valence electrons. The maximum atomic E-state index is 13.2. The number of nitrogens with zero attached hydrogens (tertiary/aromatic N) is 3. The van der Waals surface area contributed by atoms with E-state index in [0.29, 0.717) is 48.7 Å². The summed E-state index contributed by atoms with van der Waals surface area (Å²) in [5.41, 5.74) is 2.94. The van der Waals surface area contributed by atoms with Crippen molar-refractivity contribution in [2.75, 3.05) is 57.7 Å². The first kappa shape index (κ1) is 30.1. The van der Waals surface area contributed by atoms with Crippen LogP contribution in [-0.4, -0.2) is 85.0 Å². The number of rotatable bonds is 12.